The van der Waals surface area contributed by atoms with E-state index in [-0.39, 0.29) is 5.34 Å². The van der Waals surface area contributed by atoms with Crippen LogP contribution in [0.2, 0.25) is 0 Å². The minimum Gasteiger partial charge on any atom is -0.286 e. The van der Waals surface area contributed by atoms with Crippen molar-refractivity contribution in [2.45, 2.75) is 0 Å². The molecule has 3 aliphatic rings. The second-order valence-electron chi connectivity index (χ2n) is 2.28. The van der Waals surface area contributed by atoms with E-state index in [9.17, 15) is 4.57 Å². The monoisotopic (exact) mass is 197 g/mol. The summed E-state index contributed by atoms with van der Waals surface area (Å²) in [5.74, 6) is 0.292. The highest BCUT2D eigenvalue weighted by atomic mass is 31.2. The summed E-state index contributed by atoms with van der Waals surface area (Å²) in [5, 5.41) is 8.38. The van der Waals surface area contributed by atoms with E-state index in [0.717, 1.165) is 0 Å². The first kappa shape index (κ1) is 9.60. The zero-order valence-corrected chi connectivity index (χ0v) is 6.99. The Bertz CT molecular complexity index is 179. The Balaban J connectivity index is 0.000000213. The fourth-order valence-corrected chi connectivity index (χ4v) is 2.25. The highest BCUT2D eigenvalue weighted by molar-refractivity contribution is 7.48. The fourth-order valence-electron chi connectivity index (χ4n) is 0.846. The first-order valence-electron chi connectivity index (χ1n) is 3.23. The summed E-state index contributed by atoms with van der Waals surface area (Å²) in [6.45, 7) is 1.58. The van der Waals surface area contributed by atoms with Gasteiger partial charge in [-0.1, -0.05) is 0 Å². The van der Waals surface area contributed by atoms with Crippen LogP contribution in [0.3, 0.4) is 0 Å². The van der Waals surface area contributed by atoms with Crippen molar-refractivity contribution in [2.75, 3.05) is 19.8 Å². The minimum atomic E-state index is -3.03. The Morgan fingerprint density at radius 1 is 1.25 bits per heavy atom. The maximum Gasteiger partial charge on any atom is 0.474 e. The molecule has 3 aliphatic heterocycles. The predicted molar refractivity (Wildman–Crippen MR) is 36.6 cm³/mol. The number of phosphoric ester groups is 1. The van der Waals surface area contributed by atoms with Gasteiger partial charge < -0.3 is 0 Å². The van der Waals surface area contributed by atoms with E-state index in [1.807, 2.05) is 0 Å². The molecule has 8 heteroatoms. The topological polar surface area (TPSA) is 98.9 Å². The van der Waals surface area contributed by atoms with Crippen LogP contribution in [0.1, 0.15) is 0 Å². The molecule has 7 nitrogen and oxygen atoms in total. The van der Waals surface area contributed by atoms with Crippen LogP contribution in [0, 0.1) is 16.0 Å². The van der Waals surface area contributed by atoms with Gasteiger partial charge in [0.25, 0.3) is 0 Å². The van der Waals surface area contributed by atoms with Gasteiger partial charge in [-0.15, -0.1) is 0 Å². The molecule has 0 aromatic rings. The van der Waals surface area contributed by atoms with Crippen LogP contribution in [-0.4, -0.2) is 19.8 Å². The molecule has 0 amide bonds. The van der Waals surface area contributed by atoms with E-state index in [1.54, 1.807) is 0 Å². The fraction of sp³-hybridized carbons (Fsp3) is 1.00. The second-order valence-corrected chi connectivity index (χ2v) is 3.95. The molecule has 3 fully saturated rings. The van der Waals surface area contributed by atoms with Crippen molar-refractivity contribution in [1.82, 2.24) is 0 Å². The molecule has 0 atom stereocenters. The number of phosphoric acid groups is 1. The number of rotatable bonds is 0. The van der Waals surface area contributed by atoms with Crippen LogP contribution >= 0.6 is 7.82 Å². The SMILES string of the molecule is O=P12OCC(CO1)CO2.O=[NH+][O-]. The van der Waals surface area contributed by atoms with Gasteiger partial charge >= 0.3 is 7.82 Å². The standard InChI is InChI=1S/C4H7O4P.HNO2/c5-9-6-1-4(2-7-9)3-8-9;2-1-3/h4H,1-3H2;1H. The summed E-state index contributed by atoms with van der Waals surface area (Å²) in [4.78, 5) is 8.12. The molecule has 3 saturated heterocycles. The Kier molecular flexibility index (Phi) is 3.16. The third kappa shape index (κ3) is 2.25. The maximum absolute atomic E-state index is 11.0. The number of fused-ring (bicyclic) bond motifs is 3. The van der Waals surface area contributed by atoms with E-state index in [4.69, 9.17) is 23.7 Å². The summed E-state index contributed by atoms with van der Waals surface area (Å²) in [7, 11) is -3.03. The zero-order chi connectivity index (χ0) is 9.03. The van der Waals surface area contributed by atoms with E-state index in [1.165, 1.54) is 0 Å². The molecule has 3 heterocycles. The van der Waals surface area contributed by atoms with E-state index in [0.29, 0.717) is 25.7 Å². The predicted octanol–water partition coefficient (Wildman–Crippen LogP) is -0.881. The van der Waals surface area contributed by atoms with E-state index < -0.39 is 7.82 Å². The van der Waals surface area contributed by atoms with Crippen LogP contribution in [0.4, 0.5) is 0 Å². The summed E-state index contributed by atoms with van der Waals surface area (Å²) in [6, 6.07) is 0. The molecule has 0 spiro atoms. The minimum absolute atomic E-state index is 0.250. The van der Waals surface area contributed by atoms with Gasteiger partial charge in [-0.25, -0.2) is 4.57 Å². The first-order chi connectivity index (χ1) is 5.70. The van der Waals surface area contributed by atoms with Gasteiger partial charge in [0.2, 0.25) is 0 Å². The van der Waals surface area contributed by atoms with Gasteiger partial charge in [-0.3, -0.25) is 23.7 Å². The molecular weight excluding hydrogens is 189 g/mol. The Morgan fingerprint density at radius 2 is 1.58 bits per heavy atom. The molecule has 0 saturated carbocycles. The van der Waals surface area contributed by atoms with Gasteiger partial charge in [0.1, 0.15) is 0 Å². The van der Waals surface area contributed by atoms with Crippen LogP contribution in [0.15, 0.2) is 0 Å². The quantitative estimate of drug-likeness (QED) is 0.307. The van der Waals surface area contributed by atoms with Crippen molar-refractivity contribution in [3.63, 3.8) is 0 Å². The third-order valence-corrected chi connectivity index (χ3v) is 2.80. The van der Waals surface area contributed by atoms with Crippen molar-refractivity contribution >= 4 is 7.82 Å². The van der Waals surface area contributed by atoms with E-state index in [2.05, 4.69) is 0 Å². The van der Waals surface area contributed by atoms with Crippen LogP contribution in [0.25, 0.3) is 0 Å². The van der Waals surface area contributed by atoms with Crippen molar-refractivity contribution in [3.05, 3.63) is 10.1 Å². The lowest BCUT2D eigenvalue weighted by Gasteiger charge is -2.33. The summed E-state index contributed by atoms with van der Waals surface area (Å²) >= 11 is 0. The Morgan fingerprint density at radius 3 is 1.75 bits per heavy atom. The largest absolute Gasteiger partial charge is 0.474 e. The lowest BCUT2D eigenvalue weighted by atomic mass is 10.2. The lowest BCUT2D eigenvalue weighted by Crippen LogP contribution is -2.53. The molecular formula is C4H8NO6P. The van der Waals surface area contributed by atoms with Gasteiger partial charge in [-0.2, -0.15) is 0 Å². The molecule has 12 heavy (non-hydrogen) atoms. The molecule has 0 unspecified atom stereocenters. The maximum atomic E-state index is 11.0. The smallest absolute Gasteiger partial charge is 0.286 e. The van der Waals surface area contributed by atoms with Crippen molar-refractivity contribution in [2.24, 2.45) is 5.92 Å². The highest BCUT2D eigenvalue weighted by Crippen LogP contribution is 2.56. The summed E-state index contributed by atoms with van der Waals surface area (Å²) in [6.07, 6.45) is 0. The van der Waals surface area contributed by atoms with Crippen LogP contribution in [-0.2, 0) is 18.1 Å². The highest BCUT2D eigenvalue weighted by Gasteiger charge is 2.40. The molecule has 1 N–H and O–H groups in total. The van der Waals surface area contributed by atoms with Gasteiger partial charge in [0, 0.05) is 11.3 Å². The number of hydrogen-bond acceptors (Lipinski definition) is 6. The molecule has 70 valence electrons. The normalized spacial score (nSPS) is 38.2. The van der Waals surface area contributed by atoms with Crippen LogP contribution in [0.5, 0.6) is 0 Å². The van der Waals surface area contributed by atoms with Gasteiger partial charge in [-0.05, 0) is 0 Å². The number of nitrogens with one attached hydrogen (secondary N) is 1. The lowest BCUT2D eigenvalue weighted by molar-refractivity contribution is -0.398. The van der Waals surface area contributed by atoms with Gasteiger partial charge in [0.15, 0.2) is 0 Å². The van der Waals surface area contributed by atoms with E-state index >= 15 is 0 Å². The molecule has 0 aromatic carbocycles. The van der Waals surface area contributed by atoms with Crippen molar-refractivity contribution in [3.8, 4) is 0 Å². The average molecular weight is 197 g/mol. The molecule has 0 aromatic heterocycles. The summed E-state index contributed by atoms with van der Waals surface area (Å²) in [5.41, 5.74) is 0. The summed E-state index contributed by atoms with van der Waals surface area (Å²) < 4.78 is 25.3. The van der Waals surface area contributed by atoms with Crippen molar-refractivity contribution < 1.29 is 23.5 Å². The number of hydrogen-bond donors (Lipinski definition) is 1. The first-order valence-corrected chi connectivity index (χ1v) is 4.69. The zero-order valence-electron chi connectivity index (χ0n) is 6.10. The Hall–Kier alpha value is -0.490. The van der Waals surface area contributed by atoms with Crippen LogP contribution < -0.4 is 5.34 Å². The van der Waals surface area contributed by atoms with Gasteiger partial charge in [0.05, 0.1) is 19.8 Å². The molecule has 0 radical (unpaired) electrons. The molecule has 2 bridgehead atoms. The Labute approximate surface area is 68.2 Å². The molecule has 3 rings (SSSR count). The van der Waals surface area contributed by atoms with Crippen molar-refractivity contribution in [1.29, 1.82) is 0 Å². The third-order valence-electron chi connectivity index (χ3n) is 1.41. The molecule has 0 aliphatic carbocycles. The average Bonchev–Trinajstić information content (AvgIpc) is 2.07. The second kappa shape index (κ2) is 3.95.